The molecule has 1 unspecified atom stereocenters. The molecule has 0 bridgehead atoms. The van der Waals surface area contributed by atoms with Crippen molar-refractivity contribution < 1.29 is 14.3 Å². The molecule has 3 heteroatoms. The van der Waals surface area contributed by atoms with Crippen LogP contribution in [0.25, 0.3) is 5.57 Å². The van der Waals surface area contributed by atoms with Gasteiger partial charge in [0.2, 0.25) is 0 Å². The molecular weight excluding hydrogens is 276 g/mol. The average molecular weight is 300 g/mol. The molecule has 0 spiro atoms. The summed E-state index contributed by atoms with van der Waals surface area (Å²) in [6.45, 7) is 4.47. The largest absolute Gasteiger partial charge is 0.468 e. The first kappa shape index (κ1) is 15.3. The molecule has 0 aliphatic heterocycles. The smallest absolute Gasteiger partial charge is 0.188 e. The van der Waals surface area contributed by atoms with Crippen molar-refractivity contribution in [2.45, 2.75) is 46.0 Å². The van der Waals surface area contributed by atoms with Gasteiger partial charge in [0.1, 0.15) is 5.75 Å². The Kier molecular flexibility index (Phi) is 4.09. The Labute approximate surface area is 132 Å². The third kappa shape index (κ3) is 2.38. The van der Waals surface area contributed by atoms with Gasteiger partial charge in [-0.25, -0.2) is 0 Å². The van der Waals surface area contributed by atoms with Gasteiger partial charge in [-0.1, -0.05) is 25.8 Å². The van der Waals surface area contributed by atoms with Crippen molar-refractivity contribution in [3.63, 3.8) is 0 Å². The Morgan fingerprint density at radius 2 is 2.09 bits per heavy atom. The number of ether oxygens (including phenoxy) is 2. The number of rotatable bonds is 6. The van der Waals surface area contributed by atoms with Gasteiger partial charge in [0.25, 0.3) is 0 Å². The molecule has 1 aromatic rings. The summed E-state index contributed by atoms with van der Waals surface area (Å²) >= 11 is 0. The number of carbonyl (C=O) groups is 1. The molecule has 0 amide bonds. The van der Waals surface area contributed by atoms with Crippen LogP contribution < -0.4 is 4.74 Å². The van der Waals surface area contributed by atoms with Crippen LogP contribution in [0.2, 0.25) is 0 Å². The van der Waals surface area contributed by atoms with Gasteiger partial charge >= 0.3 is 0 Å². The number of Topliss-reactive ketones (excluding diaryl/α,β-unsaturated/α-hetero) is 1. The Morgan fingerprint density at radius 1 is 1.27 bits per heavy atom. The van der Waals surface area contributed by atoms with E-state index >= 15 is 0 Å². The highest BCUT2D eigenvalue weighted by Crippen LogP contribution is 2.57. The van der Waals surface area contributed by atoms with Gasteiger partial charge in [0, 0.05) is 18.9 Å². The number of carbonyl (C=O) groups excluding carboxylic acids is 1. The molecule has 0 radical (unpaired) electrons. The van der Waals surface area contributed by atoms with E-state index in [1.807, 2.05) is 13.0 Å². The van der Waals surface area contributed by atoms with E-state index in [-0.39, 0.29) is 12.2 Å². The maximum atomic E-state index is 12.3. The number of allylic oxidation sites excluding steroid dienone is 2. The molecule has 0 N–H and O–H groups in total. The maximum absolute atomic E-state index is 12.3. The molecule has 1 atom stereocenters. The lowest BCUT2D eigenvalue weighted by Gasteiger charge is -2.26. The van der Waals surface area contributed by atoms with Crippen LogP contribution in [0.5, 0.6) is 5.75 Å². The van der Waals surface area contributed by atoms with Crippen LogP contribution in [0.1, 0.15) is 50.7 Å². The summed E-state index contributed by atoms with van der Waals surface area (Å²) in [6, 6.07) is 6.22. The van der Waals surface area contributed by atoms with Gasteiger partial charge in [-0.2, -0.15) is 0 Å². The Balaban J connectivity index is 1.98. The molecular formula is C19H24O3. The van der Waals surface area contributed by atoms with E-state index in [9.17, 15) is 4.79 Å². The third-order valence-electron chi connectivity index (χ3n) is 5.05. The predicted octanol–water partition coefficient (Wildman–Crippen LogP) is 4.15. The molecule has 118 valence electrons. The van der Waals surface area contributed by atoms with Crippen molar-refractivity contribution in [2.24, 2.45) is 5.41 Å². The van der Waals surface area contributed by atoms with Gasteiger partial charge in [0.15, 0.2) is 12.6 Å². The fraction of sp³-hybridized carbons (Fsp3) is 0.526. The number of hydrogen-bond donors (Lipinski definition) is 0. The molecule has 0 aromatic heterocycles. The zero-order valence-electron chi connectivity index (χ0n) is 13.7. The van der Waals surface area contributed by atoms with E-state index in [1.54, 1.807) is 7.11 Å². The number of benzene rings is 1. The summed E-state index contributed by atoms with van der Waals surface area (Å²) in [5.74, 6) is 1.17. The lowest BCUT2D eigenvalue weighted by atomic mass is 9.77. The van der Waals surface area contributed by atoms with Crippen molar-refractivity contribution in [2.75, 3.05) is 13.9 Å². The molecule has 0 heterocycles. The molecule has 0 fully saturated rings. The molecule has 22 heavy (non-hydrogen) atoms. The van der Waals surface area contributed by atoms with Gasteiger partial charge in [-0.05, 0) is 54.2 Å². The van der Waals surface area contributed by atoms with Crippen LogP contribution in [0.3, 0.4) is 0 Å². The number of fused-ring (bicyclic) bond motifs is 3. The fourth-order valence-corrected chi connectivity index (χ4v) is 4.06. The standard InChI is InChI=1S/C19H24O3/c1-4-5-8-19-10-14-9-15(22-12-21-3)6-7-16(14)18(19)13(2)17(20)11-19/h6-7,9H,4-5,8,10-12H2,1-3H3. The minimum absolute atomic E-state index is 0.0411. The summed E-state index contributed by atoms with van der Waals surface area (Å²) in [7, 11) is 1.62. The van der Waals surface area contributed by atoms with Crippen LogP contribution in [0.15, 0.2) is 23.8 Å². The van der Waals surface area contributed by atoms with Crippen LogP contribution in [-0.2, 0) is 16.0 Å². The normalized spacial score (nSPS) is 23.0. The second-order valence-corrected chi connectivity index (χ2v) is 6.53. The first-order chi connectivity index (χ1) is 10.6. The van der Waals surface area contributed by atoms with Crippen molar-refractivity contribution in [3.8, 4) is 5.75 Å². The third-order valence-corrected chi connectivity index (χ3v) is 5.05. The van der Waals surface area contributed by atoms with E-state index < -0.39 is 0 Å². The van der Waals surface area contributed by atoms with Crippen molar-refractivity contribution in [1.29, 1.82) is 0 Å². The number of unbranched alkanes of at least 4 members (excludes halogenated alkanes) is 1. The van der Waals surface area contributed by atoms with E-state index in [4.69, 9.17) is 9.47 Å². The van der Waals surface area contributed by atoms with Crippen LogP contribution in [0.4, 0.5) is 0 Å². The minimum atomic E-state index is 0.0411. The summed E-state index contributed by atoms with van der Waals surface area (Å²) in [6.07, 6.45) is 5.08. The molecule has 2 aliphatic rings. The summed E-state index contributed by atoms with van der Waals surface area (Å²) in [4.78, 5) is 12.3. The number of hydrogen-bond acceptors (Lipinski definition) is 3. The molecule has 3 rings (SSSR count). The van der Waals surface area contributed by atoms with Gasteiger partial charge in [0.05, 0.1) is 0 Å². The van der Waals surface area contributed by atoms with Gasteiger partial charge in [-0.3, -0.25) is 4.79 Å². The minimum Gasteiger partial charge on any atom is -0.468 e. The highest BCUT2D eigenvalue weighted by atomic mass is 16.7. The van der Waals surface area contributed by atoms with Crippen molar-refractivity contribution >= 4 is 11.4 Å². The van der Waals surface area contributed by atoms with Crippen LogP contribution in [0, 0.1) is 5.41 Å². The summed E-state index contributed by atoms with van der Waals surface area (Å²) in [5, 5.41) is 0. The quantitative estimate of drug-likeness (QED) is 0.740. The molecule has 0 saturated heterocycles. The molecule has 2 aliphatic carbocycles. The zero-order valence-corrected chi connectivity index (χ0v) is 13.7. The molecule has 3 nitrogen and oxygen atoms in total. The first-order valence-corrected chi connectivity index (χ1v) is 8.11. The van der Waals surface area contributed by atoms with E-state index in [2.05, 4.69) is 19.1 Å². The van der Waals surface area contributed by atoms with Crippen LogP contribution in [-0.4, -0.2) is 19.7 Å². The highest BCUT2D eigenvalue weighted by Gasteiger charge is 2.48. The lowest BCUT2D eigenvalue weighted by Crippen LogP contribution is -2.18. The second kappa shape index (κ2) is 5.88. The topological polar surface area (TPSA) is 35.5 Å². The van der Waals surface area contributed by atoms with Gasteiger partial charge in [-0.15, -0.1) is 0 Å². The predicted molar refractivity (Wildman–Crippen MR) is 86.8 cm³/mol. The fourth-order valence-electron chi connectivity index (χ4n) is 4.06. The molecule has 0 saturated carbocycles. The van der Waals surface area contributed by atoms with Crippen molar-refractivity contribution in [3.05, 3.63) is 34.9 Å². The Bertz CT molecular complexity index is 630. The zero-order chi connectivity index (χ0) is 15.7. The maximum Gasteiger partial charge on any atom is 0.188 e. The summed E-state index contributed by atoms with van der Waals surface area (Å²) < 4.78 is 10.5. The van der Waals surface area contributed by atoms with E-state index in [1.165, 1.54) is 29.5 Å². The van der Waals surface area contributed by atoms with E-state index in [0.29, 0.717) is 12.2 Å². The number of ketones is 1. The summed E-state index contributed by atoms with van der Waals surface area (Å²) in [5.41, 5.74) is 4.88. The van der Waals surface area contributed by atoms with E-state index in [0.717, 1.165) is 24.2 Å². The van der Waals surface area contributed by atoms with Gasteiger partial charge < -0.3 is 9.47 Å². The SMILES string of the molecule is CCCCC12CC(=O)C(C)=C1c1ccc(OCOC)cc1C2. The molecule has 1 aromatic carbocycles. The monoisotopic (exact) mass is 300 g/mol. The number of methoxy groups -OCH3 is 1. The highest BCUT2D eigenvalue weighted by molar-refractivity contribution is 6.10. The second-order valence-electron chi connectivity index (χ2n) is 6.53. The Morgan fingerprint density at radius 3 is 2.82 bits per heavy atom. The Hall–Kier alpha value is -1.61. The lowest BCUT2D eigenvalue weighted by molar-refractivity contribution is -0.116. The first-order valence-electron chi connectivity index (χ1n) is 8.11. The van der Waals surface area contributed by atoms with Crippen molar-refractivity contribution in [1.82, 2.24) is 0 Å². The van der Waals surface area contributed by atoms with Crippen LogP contribution >= 0.6 is 0 Å². The average Bonchev–Trinajstić information content (AvgIpc) is 2.94.